The smallest absolute Gasteiger partial charge is 0.239 e. The molecule has 0 saturated carbocycles. The lowest BCUT2D eigenvalue weighted by molar-refractivity contribution is -0.132. The number of hydrogen-bond donors (Lipinski definition) is 2. The maximum Gasteiger partial charge on any atom is 0.239 e. The van der Waals surface area contributed by atoms with Crippen LogP contribution in [0.3, 0.4) is 0 Å². The molecular weight excluding hydrogens is 260 g/mol. The first kappa shape index (κ1) is 14.4. The van der Waals surface area contributed by atoms with Gasteiger partial charge in [-0.3, -0.25) is 4.79 Å². The summed E-state index contributed by atoms with van der Waals surface area (Å²) in [4.78, 5) is 15.1. The van der Waals surface area contributed by atoms with Crippen molar-refractivity contribution in [2.75, 3.05) is 19.8 Å². The molecule has 1 fully saturated rings. The third-order valence-electron chi connectivity index (χ3n) is 3.36. The van der Waals surface area contributed by atoms with E-state index in [1.807, 2.05) is 18.4 Å². The number of β-amino-alcohol motifs (C(OH)–C–C–N with tert-alkyl or cyclic N) is 1. The molecule has 0 radical (unpaired) electrons. The summed E-state index contributed by atoms with van der Waals surface area (Å²) in [6, 6.07) is 7.98. The Kier molecular flexibility index (Phi) is 4.85. The van der Waals surface area contributed by atoms with Crippen LogP contribution in [0.25, 0.3) is 0 Å². The Bertz CT molecular complexity index is 436. The largest absolute Gasteiger partial charge is 0.392 e. The van der Waals surface area contributed by atoms with Crippen LogP contribution in [0.1, 0.15) is 12.0 Å². The van der Waals surface area contributed by atoms with Crippen molar-refractivity contribution in [3.05, 3.63) is 29.8 Å². The van der Waals surface area contributed by atoms with Crippen LogP contribution < -0.4 is 5.32 Å². The molecule has 1 aromatic rings. The van der Waals surface area contributed by atoms with Crippen LogP contribution in [-0.4, -0.2) is 47.9 Å². The van der Waals surface area contributed by atoms with Gasteiger partial charge in [-0.05, 0) is 30.4 Å². The molecule has 1 saturated heterocycles. The van der Waals surface area contributed by atoms with Crippen LogP contribution in [0.5, 0.6) is 0 Å². The van der Waals surface area contributed by atoms with E-state index in [0.29, 0.717) is 19.5 Å². The van der Waals surface area contributed by atoms with Crippen LogP contribution in [0.4, 0.5) is 0 Å². The van der Waals surface area contributed by atoms with E-state index < -0.39 is 6.10 Å². The molecule has 0 aromatic heterocycles. The van der Waals surface area contributed by atoms with E-state index in [1.165, 1.54) is 4.90 Å². The van der Waals surface area contributed by atoms with E-state index in [2.05, 4.69) is 17.4 Å². The predicted molar refractivity (Wildman–Crippen MR) is 77.1 cm³/mol. The van der Waals surface area contributed by atoms with Crippen molar-refractivity contribution in [1.82, 2.24) is 10.2 Å². The lowest BCUT2D eigenvalue weighted by Gasteiger charge is -2.21. The Morgan fingerprint density at radius 1 is 1.47 bits per heavy atom. The SMILES string of the molecule is CSc1ccc(CN(C)C(=O)C2CC(O)CN2)cc1. The molecule has 0 bridgehead atoms. The highest BCUT2D eigenvalue weighted by Crippen LogP contribution is 2.16. The van der Waals surface area contributed by atoms with Crippen molar-refractivity contribution in [3.8, 4) is 0 Å². The summed E-state index contributed by atoms with van der Waals surface area (Å²) >= 11 is 1.70. The van der Waals surface area contributed by atoms with Crippen LogP contribution >= 0.6 is 11.8 Å². The van der Waals surface area contributed by atoms with E-state index in [4.69, 9.17) is 0 Å². The first-order valence-electron chi connectivity index (χ1n) is 6.39. The maximum absolute atomic E-state index is 12.2. The molecule has 1 aliphatic rings. The minimum absolute atomic E-state index is 0.0468. The Balaban J connectivity index is 1.92. The fourth-order valence-corrected chi connectivity index (χ4v) is 2.66. The molecule has 19 heavy (non-hydrogen) atoms. The summed E-state index contributed by atoms with van der Waals surface area (Å²) in [6.07, 6.45) is 2.15. The number of aliphatic hydroxyl groups excluding tert-OH is 1. The van der Waals surface area contributed by atoms with Crippen molar-refractivity contribution in [1.29, 1.82) is 0 Å². The number of benzene rings is 1. The summed E-state index contributed by atoms with van der Waals surface area (Å²) in [7, 11) is 1.80. The zero-order chi connectivity index (χ0) is 13.8. The second-order valence-electron chi connectivity index (χ2n) is 4.89. The number of nitrogens with one attached hydrogen (secondary N) is 1. The third kappa shape index (κ3) is 3.72. The quantitative estimate of drug-likeness (QED) is 0.811. The van der Waals surface area contributed by atoms with Crippen molar-refractivity contribution >= 4 is 17.7 Å². The van der Waals surface area contributed by atoms with Crippen molar-refractivity contribution < 1.29 is 9.90 Å². The lowest BCUT2D eigenvalue weighted by atomic mass is 10.1. The molecule has 0 spiro atoms. The van der Waals surface area contributed by atoms with Crippen molar-refractivity contribution in [3.63, 3.8) is 0 Å². The number of aliphatic hydroxyl groups is 1. The van der Waals surface area contributed by atoms with Crippen LogP contribution in [0, 0.1) is 0 Å². The Labute approximate surface area is 118 Å². The summed E-state index contributed by atoms with van der Waals surface area (Å²) in [6.45, 7) is 1.11. The Morgan fingerprint density at radius 3 is 2.68 bits per heavy atom. The zero-order valence-electron chi connectivity index (χ0n) is 11.3. The van der Waals surface area contributed by atoms with Gasteiger partial charge < -0.3 is 15.3 Å². The first-order valence-corrected chi connectivity index (χ1v) is 7.62. The zero-order valence-corrected chi connectivity index (χ0v) is 12.1. The van der Waals surface area contributed by atoms with Gasteiger partial charge in [-0.15, -0.1) is 11.8 Å². The average Bonchev–Trinajstić information content (AvgIpc) is 2.85. The Morgan fingerprint density at radius 2 is 2.16 bits per heavy atom. The number of carbonyl (C=O) groups excluding carboxylic acids is 1. The van der Waals surface area contributed by atoms with Gasteiger partial charge in [-0.25, -0.2) is 0 Å². The average molecular weight is 280 g/mol. The van der Waals surface area contributed by atoms with Gasteiger partial charge >= 0.3 is 0 Å². The summed E-state index contributed by atoms with van der Waals surface area (Å²) in [5.41, 5.74) is 1.12. The summed E-state index contributed by atoms with van der Waals surface area (Å²) < 4.78 is 0. The lowest BCUT2D eigenvalue weighted by Crippen LogP contribution is -2.41. The molecular formula is C14H20N2O2S. The fraction of sp³-hybridized carbons (Fsp3) is 0.500. The van der Waals surface area contributed by atoms with Gasteiger partial charge in [0, 0.05) is 25.0 Å². The topological polar surface area (TPSA) is 52.6 Å². The molecule has 2 unspecified atom stereocenters. The molecule has 2 N–H and O–H groups in total. The number of nitrogens with zero attached hydrogens (tertiary/aromatic N) is 1. The molecule has 4 nitrogen and oxygen atoms in total. The van der Waals surface area contributed by atoms with Crippen molar-refractivity contribution in [2.45, 2.75) is 30.0 Å². The van der Waals surface area contributed by atoms with Gasteiger partial charge in [-0.2, -0.15) is 0 Å². The predicted octanol–water partition coefficient (Wildman–Crippen LogP) is 1.09. The number of likely N-dealkylation sites (N-methyl/N-ethyl adjacent to an activating group) is 1. The minimum atomic E-state index is -0.400. The van der Waals surface area contributed by atoms with E-state index in [1.54, 1.807) is 23.7 Å². The summed E-state index contributed by atoms with van der Waals surface area (Å²) in [5, 5.41) is 12.5. The normalized spacial score (nSPS) is 22.5. The standard InChI is InChI=1S/C14H20N2O2S/c1-16(14(18)13-7-11(17)8-15-13)9-10-3-5-12(19-2)6-4-10/h3-6,11,13,15,17H,7-9H2,1-2H3. The first-order chi connectivity index (χ1) is 9.10. The molecule has 1 heterocycles. The molecule has 2 atom stereocenters. The number of rotatable bonds is 4. The minimum Gasteiger partial charge on any atom is -0.392 e. The molecule has 1 aromatic carbocycles. The highest BCUT2D eigenvalue weighted by atomic mass is 32.2. The highest BCUT2D eigenvalue weighted by molar-refractivity contribution is 7.98. The molecule has 5 heteroatoms. The Hall–Kier alpha value is -1.04. The van der Waals surface area contributed by atoms with Crippen LogP contribution in [-0.2, 0) is 11.3 Å². The monoisotopic (exact) mass is 280 g/mol. The third-order valence-corrected chi connectivity index (χ3v) is 4.10. The van der Waals surface area contributed by atoms with Crippen molar-refractivity contribution in [2.24, 2.45) is 0 Å². The van der Waals surface area contributed by atoms with Gasteiger partial charge in [0.2, 0.25) is 5.91 Å². The highest BCUT2D eigenvalue weighted by Gasteiger charge is 2.29. The molecule has 1 aliphatic heterocycles. The number of hydrogen-bond acceptors (Lipinski definition) is 4. The van der Waals surface area contributed by atoms with Crippen LogP contribution in [0.15, 0.2) is 29.2 Å². The fourth-order valence-electron chi connectivity index (χ4n) is 2.25. The van der Waals surface area contributed by atoms with E-state index in [0.717, 1.165) is 5.56 Å². The second kappa shape index (κ2) is 6.41. The van der Waals surface area contributed by atoms with Gasteiger partial charge in [0.15, 0.2) is 0 Å². The van der Waals surface area contributed by atoms with Gasteiger partial charge in [0.05, 0.1) is 12.1 Å². The number of carbonyl (C=O) groups is 1. The maximum atomic E-state index is 12.2. The van der Waals surface area contributed by atoms with Gasteiger partial charge in [-0.1, -0.05) is 12.1 Å². The van der Waals surface area contributed by atoms with Gasteiger partial charge in [0.1, 0.15) is 0 Å². The number of thioether (sulfide) groups is 1. The summed E-state index contributed by atoms with van der Waals surface area (Å²) in [5.74, 6) is 0.0468. The van der Waals surface area contributed by atoms with Crippen LogP contribution in [0.2, 0.25) is 0 Å². The van der Waals surface area contributed by atoms with E-state index >= 15 is 0 Å². The number of amides is 1. The molecule has 0 aliphatic carbocycles. The molecule has 104 valence electrons. The molecule has 1 amide bonds. The van der Waals surface area contributed by atoms with E-state index in [-0.39, 0.29) is 11.9 Å². The second-order valence-corrected chi connectivity index (χ2v) is 5.77. The van der Waals surface area contributed by atoms with E-state index in [9.17, 15) is 9.90 Å². The molecule has 2 rings (SSSR count). The van der Waals surface area contributed by atoms with Gasteiger partial charge in [0.25, 0.3) is 0 Å².